The molecule has 1 aliphatic heterocycles. The fourth-order valence-electron chi connectivity index (χ4n) is 6.91. The normalized spacial score (nSPS) is 13.4. The second kappa shape index (κ2) is 10.5. The standard InChI is InChI=1S/C43H30N2O2/c1-43(2)33-22-23-39-41(47-38-19-10-9-18-37(38)46-39)40(33)32-21-20-30(25-34(32)43)29-16-11-17-31(24-29)36-26-35(27-12-5-3-6-13-27)44-42(45-36)28-14-7-4-8-15-28/h3-26H,1-2H3. The smallest absolute Gasteiger partial charge is 0.178 e. The molecule has 6 aromatic carbocycles. The molecule has 0 saturated heterocycles. The van der Waals surface area contributed by atoms with Crippen LogP contribution in [-0.4, -0.2) is 9.97 Å². The summed E-state index contributed by atoms with van der Waals surface area (Å²) in [6.07, 6.45) is 0. The third-order valence-corrected chi connectivity index (χ3v) is 9.36. The maximum Gasteiger partial charge on any atom is 0.178 e. The second-order valence-corrected chi connectivity index (χ2v) is 12.6. The molecular formula is C43H30N2O2. The summed E-state index contributed by atoms with van der Waals surface area (Å²) >= 11 is 0. The lowest BCUT2D eigenvalue weighted by molar-refractivity contribution is 0.360. The van der Waals surface area contributed by atoms with Crippen LogP contribution in [0.2, 0.25) is 0 Å². The van der Waals surface area contributed by atoms with Gasteiger partial charge in [-0.2, -0.15) is 0 Å². The van der Waals surface area contributed by atoms with Gasteiger partial charge in [-0.15, -0.1) is 0 Å². The Morgan fingerprint density at radius 2 is 1.06 bits per heavy atom. The number of fused-ring (bicyclic) bond motifs is 6. The van der Waals surface area contributed by atoms with E-state index in [-0.39, 0.29) is 5.41 Å². The van der Waals surface area contributed by atoms with E-state index in [1.54, 1.807) is 0 Å². The Morgan fingerprint density at radius 3 is 1.83 bits per heavy atom. The first-order valence-corrected chi connectivity index (χ1v) is 15.9. The van der Waals surface area contributed by atoms with Gasteiger partial charge in [0.1, 0.15) is 0 Å². The van der Waals surface area contributed by atoms with E-state index in [1.165, 1.54) is 16.7 Å². The van der Waals surface area contributed by atoms with Gasteiger partial charge >= 0.3 is 0 Å². The van der Waals surface area contributed by atoms with Crippen molar-refractivity contribution in [2.24, 2.45) is 0 Å². The molecule has 0 N–H and O–H groups in total. The van der Waals surface area contributed by atoms with Crippen LogP contribution >= 0.6 is 0 Å². The molecule has 47 heavy (non-hydrogen) atoms. The molecule has 0 atom stereocenters. The quantitative estimate of drug-likeness (QED) is 0.200. The minimum absolute atomic E-state index is 0.213. The summed E-state index contributed by atoms with van der Waals surface area (Å²) in [5.74, 6) is 3.72. The molecule has 0 amide bonds. The maximum atomic E-state index is 6.50. The van der Waals surface area contributed by atoms with Crippen LogP contribution in [0.4, 0.5) is 0 Å². The van der Waals surface area contributed by atoms with Gasteiger partial charge in [-0.3, -0.25) is 0 Å². The summed E-state index contributed by atoms with van der Waals surface area (Å²) < 4.78 is 12.8. The van der Waals surface area contributed by atoms with E-state index in [9.17, 15) is 0 Å². The number of benzene rings is 6. The fourth-order valence-corrected chi connectivity index (χ4v) is 6.91. The lowest BCUT2D eigenvalue weighted by Gasteiger charge is -2.25. The first-order chi connectivity index (χ1) is 23.0. The summed E-state index contributed by atoms with van der Waals surface area (Å²) in [5.41, 5.74) is 11.8. The molecular weight excluding hydrogens is 576 g/mol. The molecule has 1 aliphatic carbocycles. The van der Waals surface area contributed by atoms with Crippen molar-refractivity contribution >= 4 is 0 Å². The molecule has 224 valence electrons. The van der Waals surface area contributed by atoms with Gasteiger partial charge in [0.05, 0.1) is 11.4 Å². The molecule has 2 aliphatic rings. The van der Waals surface area contributed by atoms with Crippen LogP contribution in [0.1, 0.15) is 25.0 Å². The van der Waals surface area contributed by atoms with Crippen LogP contribution in [0.15, 0.2) is 146 Å². The van der Waals surface area contributed by atoms with E-state index in [2.05, 4.69) is 92.7 Å². The van der Waals surface area contributed by atoms with Crippen LogP contribution in [0.25, 0.3) is 56.2 Å². The van der Waals surface area contributed by atoms with Gasteiger partial charge in [0.25, 0.3) is 0 Å². The Labute approximate surface area is 274 Å². The summed E-state index contributed by atoms with van der Waals surface area (Å²) in [6.45, 7) is 4.58. The average Bonchev–Trinajstić information content (AvgIpc) is 3.37. The number of nitrogens with zero attached hydrogens (tertiary/aromatic N) is 2. The van der Waals surface area contributed by atoms with Crippen LogP contribution in [-0.2, 0) is 5.41 Å². The Morgan fingerprint density at radius 1 is 0.447 bits per heavy atom. The zero-order valence-corrected chi connectivity index (χ0v) is 26.1. The molecule has 0 saturated carbocycles. The number of para-hydroxylation sites is 2. The number of hydrogen-bond acceptors (Lipinski definition) is 4. The second-order valence-electron chi connectivity index (χ2n) is 12.6. The van der Waals surface area contributed by atoms with Crippen molar-refractivity contribution in [1.29, 1.82) is 0 Å². The van der Waals surface area contributed by atoms with E-state index in [0.29, 0.717) is 5.82 Å². The number of aromatic nitrogens is 2. The van der Waals surface area contributed by atoms with Crippen molar-refractivity contribution < 1.29 is 9.47 Å². The van der Waals surface area contributed by atoms with Crippen molar-refractivity contribution in [3.63, 3.8) is 0 Å². The lowest BCUT2D eigenvalue weighted by atomic mass is 9.81. The summed E-state index contributed by atoms with van der Waals surface area (Å²) in [7, 11) is 0. The first kappa shape index (κ1) is 27.3. The maximum absolute atomic E-state index is 6.50. The Bertz CT molecular complexity index is 2270. The zero-order chi connectivity index (χ0) is 31.5. The molecule has 9 rings (SSSR count). The Kier molecular flexibility index (Phi) is 6.12. The minimum atomic E-state index is -0.213. The highest BCUT2D eigenvalue weighted by Gasteiger charge is 2.40. The molecule has 0 bridgehead atoms. The van der Waals surface area contributed by atoms with Crippen LogP contribution < -0.4 is 9.47 Å². The van der Waals surface area contributed by atoms with E-state index in [1.807, 2.05) is 66.7 Å². The molecule has 0 unspecified atom stereocenters. The van der Waals surface area contributed by atoms with Gasteiger partial charge in [0, 0.05) is 27.7 Å². The van der Waals surface area contributed by atoms with Gasteiger partial charge in [-0.05, 0) is 64.2 Å². The lowest BCUT2D eigenvalue weighted by Crippen LogP contribution is -2.15. The summed E-state index contributed by atoms with van der Waals surface area (Å²) in [4.78, 5) is 10.0. The van der Waals surface area contributed by atoms with E-state index in [0.717, 1.165) is 67.8 Å². The third-order valence-electron chi connectivity index (χ3n) is 9.36. The number of hydrogen-bond donors (Lipinski definition) is 0. The molecule has 4 nitrogen and oxygen atoms in total. The first-order valence-electron chi connectivity index (χ1n) is 15.9. The fraction of sp³-hybridized carbons (Fsp3) is 0.0698. The molecule has 0 radical (unpaired) electrons. The SMILES string of the molecule is CC1(C)c2cc(-c3cccc(-c4cc(-c5ccccc5)nc(-c5ccccc5)n4)c3)ccc2-c2c1ccc1c2Oc2ccccc2O1. The molecule has 7 aromatic rings. The summed E-state index contributed by atoms with van der Waals surface area (Å²) in [5, 5.41) is 0. The number of rotatable bonds is 4. The van der Waals surface area contributed by atoms with Gasteiger partial charge in [-0.1, -0.05) is 123 Å². The number of ether oxygens (including phenoxy) is 2. The van der Waals surface area contributed by atoms with E-state index >= 15 is 0 Å². The molecule has 2 heterocycles. The van der Waals surface area contributed by atoms with Crippen LogP contribution in [0.5, 0.6) is 23.0 Å². The highest BCUT2D eigenvalue weighted by atomic mass is 16.6. The van der Waals surface area contributed by atoms with Gasteiger partial charge in [0.2, 0.25) is 0 Å². The average molecular weight is 607 g/mol. The topological polar surface area (TPSA) is 44.2 Å². The Balaban J connectivity index is 1.13. The van der Waals surface area contributed by atoms with Crippen molar-refractivity contribution in [1.82, 2.24) is 9.97 Å². The predicted octanol–water partition coefficient (Wildman–Crippen LogP) is 11.3. The predicted molar refractivity (Wildman–Crippen MR) is 188 cm³/mol. The zero-order valence-electron chi connectivity index (χ0n) is 26.1. The van der Waals surface area contributed by atoms with Gasteiger partial charge in [-0.25, -0.2) is 9.97 Å². The summed E-state index contributed by atoms with van der Waals surface area (Å²) in [6, 6.07) is 50.1. The van der Waals surface area contributed by atoms with Crippen molar-refractivity contribution in [3.05, 3.63) is 157 Å². The van der Waals surface area contributed by atoms with Crippen molar-refractivity contribution in [2.75, 3.05) is 0 Å². The molecule has 0 spiro atoms. The van der Waals surface area contributed by atoms with Crippen molar-refractivity contribution in [2.45, 2.75) is 19.3 Å². The minimum Gasteiger partial charge on any atom is -0.449 e. The highest BCUT2D eigenvalue weighted by molar-refractivity contribution is 5.90. The molecule has 4 heteroatoms. The molecule has 1 aromatic heterocycles. The van der Waals surface area contributed by atoms with E-state index in [4.69, 9.17) is 19.4 Å². The van der Waals surface area contributed by atoms with Gasteiger partial charge < -0.3 is 9.47 Å². The largest absolute Gasteiger partial charge is 0.449 e. The van der Waals surface area contributed by atoms with Crippen LogP contribution in [0.3, 0.4) is 0 Å². The van der Waals surface area contributed by atoms with Gasteiger partial charge in [0.15, 0.2) is 28.8 Å². The monoisotopic (exact) mass is 606 g/mol. The van der Waals surface area contributed by atoms with E-state index < -0.39 is 0 Å². The Hall–Kier alpha value is -6.00. The molecule has 0 fully saturated rings. The highest BCUT2D eigenvalue weighted by Crippen LogP contribution is 2.58. The van der Waals surface area contributed by atoms with Crippen LogP contribution in [0, 0.1) is 0 Å². The third kappa shape index (κ3) is 4.52. The van der Waals surface area contributed by atoms with Crippen molar-refractivity contribution in [3.8, 4) is 79.2 Å².